The SMILES string of the molecule is Cc1oc2cc3oc(=O)c(CCC(=O)N[C@@H](CC[S@](C)=O)C(=O)O)c(C)c3cc2c1C. The van der Waals surface area contributed by atoms with Crippen LogP contribution in [0.15, 0.2) is 25.8 Å². The highest BCUT2D eigenvalue weighted by Gasteiger charge is 2.21. The van der Waals surface area contributed by atoms with E-state index >= 15 is 0 Å². The smallest absolute Gasteiger partial charge is 0.339 e. The Kier molecular flexibility index (Phi) is 6.64. The summed E-state index contributed by atoms with van der Waals surface area (Å²) in [5.41, 5.74) is 2.63. The Bertz CT molecular complexity index is 1250. The summed E-state index contributed by atoms with van der Waals surface area (Å²) in [5.74, 6) is -0.714. The molecule has 166 valence electrons. The van der Waals surface area contributed by atoms with Crippen LogP contribution in [0.3, 0.4) is 0 Å². The van der Waals surface area contributed by atoms with Crippen molar-refractivity contribution in [2.45, 2.75) is 46.1 Å². The molecule has 0 aliphatic carbocycles. The van der Waals surface area contributed by atoms with Crippen LogP contribution in [0.1, 0.15) is 35.3 Å². The molecule has 0 aliphatic rings. The van der Waals surface area contributed by atoms with Crippen LogP contribution >= 0.6 is 0 Å². The number of nitrogens with one attached hydrogen (secondary N) is 1. The lowest BCUT2D eigenvalue weighted by molar-refractivity contribution is -0.141. The first-order chi connectivity index (χ1) is 14.6. The third-order valence-corrected chi connectivity index (χ3v) is 6.32. The van der Waals surface area contributed by atoms with Crippen LogP contribution in [0.2, 0.25) is 0 Å². The zero-order valence-electron chi connectivity index (χ0n) is 17.9. The molecule has 0 spiro atoms. The number of carboxylic acid groups (broad SMARTS) is 1. The van der Waals surface area contributed by atoms with Gasteiger partial charge in [0.1, 0.15) is 23.0 Å². The molecule has 3 rings (SSSR count). The highest BCUT2D eigenvalue weighted by Crippen LogP contribution is 2.31. The van der Waals surface area contributed by atoms with Crippen molar-refractivity contribution in [2.75, 3.05) is 12.0 Å². The normalized spacial score (nSPS) is 13.4. The van der Waals surface area contributed by atoms with Crippen LogP contribution < -0.4 is 10.9 Å². The maximum atomic E-state index is 12.5. The molecule has 2 aromatic heterocycles. The monoisotopic (exact) mass is 447 g/mol. The molecule has 1 amide bonds. The van der Waals surface area contributed by atoms with Gasteiger partial charge in [0, 0.05) is 51.6 Å². The lowest BCUT2D eigenvalue weighted by Crippen LogP contribution is -2.41. The second kappa shape index (κ2) is 9.05. The zero-order valence-corrected chi connectivity index (χ0v) is 18.7. The van der Waals surface area contributed by atoms with Crippen LogP contribution in [0.5, 0.6) is 0 Å². The standard InChI is InChI=1S/C22H25NO7S/c1-11-13(3)29-18-10-19-16(9-15(11)18)12(2)14(22(27)30-19)5-6-20(24)23-17(21(25)26)7-8-31(4)28/h9-10,17H,5-8H2,1-4H3,(H,23,24)(H,25,26)/t17-,31-/m0/s1. The molecule has 0 fully saturated rings. The van der Waals surface area contributed by atoms with Crippen LogP contribution in [-0.2, 0) is 26.8 Å². The van der Waals surface area contributed by atoms with Gasteiger partial charge in [-0.25, -0.2) is 9.59 Å². The van der Waals surface area contributed by atoms with E-state index in [4.69, 9.17) is 8.83 Å². The van der Waals surface area contributed by atoms with Crippen molar-refractivity contribution in [1.29, 1.82) is 0 Å². The van der Waals surface area contributed by atoms with E-state index in [1.165, 1.54) is 6.26 Å². The minimum atomic E-state index is -1.19. The maximum absolute atomic E-state index is 12.5. The number of hydrogen-bond acceptors (Lipinski definition) is 6. The first kappa shape index (κ1) is 22.7. The lowest BCUT2D eigenvalue weighted by Gasteiger charge is -2.14. The molecule has 0 bridgehead atoms. The molecular weight excluding hydrogens is 422 g/mol. The molecule has 2 atom stereocenters. The Morgan fingerprint density at radius 1 is 1.10 bits per heavy atom. The first-order valence-electron chi connectivity index (χ1n) is 9.86. The van der Waals surface area contributed by atoms with Crippen LogP contribution in [0, 0.1) is 20.8 Å². The van der Waals surface area contributed by atoms with Gasteiger partial charge in [-0.3, -0.25) is 9.00 Å². The topological polar surface area (TPSA) is 127 Å². The minimum Gasteiger partial charge on any atom is -0.480 e. The van der Waals surface area contributed by atoms with E-state index in [0.717, 1.165) is 27.7 Å². The van der Waals surface area contributed by atoms with E-state index in [-0.39, 0.29) is 25.0 Å². The number of carbonyl (C=O) groups is 2. The van der Waals surface area contributed by atoms with E-state index in [1.54, 1.807) is 13.0 Å². The van der Waals surface area contributed by atoms with E-state index in [2.05, 4.69) is 5.32 Å². The molecule has 8 nitrogen and oxygen atoms in total. The Morgan fingerprint density at radius 2 is 1.74 bits per heavy atom. The van der Waals surface area contributed by atoms with Crippen molar-refractivity contribution in [3.63, 3.8) is 0 Å². The molecule has 1 aromatic carbocycles. The summed E-state index contributed by atoms with van der Waals surface area (Å²) in [6, 6.07) is 2.50. The fourth-order valence-electron chi connectivity index (χ4n) is 3.56. The predicted molar refractivity (Wildman–Crippen MR) is 118 cm³/mol. The van der Waals surface area contributed by atoms with Gasteiger partial charge in [0.15, 0.2) is 0 Å². The Balaban J connectivity index is 1.82. The van der Waals surface area contributed by atoms with Gasteiger partial charge in [-0.05, 0) is 50.8 Å². The summed E-state index contributed by atoms with van der Waals surface area (Å²) < 4.78 is 22.4. The summed E-state index contributed by atoms with van der Waals surface area (Å²) in [5, 5.41) is 13.4. The third kappa shape index (κ3) is 4.87. The maximum Gasteiger partial charge on any atom is 0.339 e. The van der Waals surface area contributed by atoms with Gasteiger partial charge < -0.3 is 19.3 Å². The van der Waals surface area contributed by atoms with Crippen molar-refractivity contribution in [2.24, 2.45) is 0 Å². The highest BCUT2D eigenvalue weighted by molar-refractivity contribution is 7.84. The van der Waals surface area contributed by atoms with Gasteiger partial charge in [-0.15, -0.1) is 0 Å². The minimum absolute atomic E-state index is 0.0673. The molecule has 3 aromatic rings. The van der Waals surface area contributed by atoms with E-state index in [0.29, 0.717) is 16.7 Å². The molecular formula is C22H25NO7S. The molecule has 0 unspecified atom stereocenters. The summed E-state index contributed by atoms with van der Waals surface area (Å²) in [6.07, 6.45) is 1.59. The van der Waals surface area contributed by atoms with E-state index < -0.39 is 34.3 Å². The number of benzene rings is 1. The first-order valence-corrected chi connectivity index (χ1v) is 11.6. The second-order valence-corrected chi connectivity index (χ2v) is 9.20. The molecule has 0 saturated carbocycles. The fourth-order valence-corrected chi connectivity index (χ4v) is 4.13. The summed E-state index contributed by atoms with van der Waals surface area (Å²) >= 11 is 0. The largest absolute Gasteiger partial charge is 0.480 e. The van der Waals surface area contributed by atoms with Gasteiger partial charge in [-0.2, -0.15) is 0 Å². The van der Waals surface area contributed by atoms with Gasteiger partial charge >= 0.3 is 11.6 Å². The summed E-state index contributed by atoms with van der Waals surface area (Å²) in [6.45, 7) is 5.63. The predicted octanol–water partition coefficient (Wildman–Crippen LogP) is 2.74. The lowest BCUT2D eigenvalue weighted by atomic mass is 10.00. The number of amides is 1. The molecule has 0 saturated heterocycles. The van der Waals surface area contributed by atoms with Crippen molar-refractivity contribution in [3.05, 3.63) is 45.0 Å². The molecule has 2 N–H and O–H groups in total. The fraction of sp³-hybridized carbons (Fsp3) is 0.409. The van der Waals surface area contributed by atoms with Crippen LogP contribution in [-0.4, -0.2) is 39.2 Å². The van der Waals surface area contributed by atoms with Crippen LogP contribution in [0.25, 0.3) is 21.9 Å². The van der Waals surface area contributed by atoms with Crippen molar-refractivity contribution in [1.82, 2.24) is 5.32 Å². The average molecular weight is 448 g/mol. The van der Waals surface area contributed by atoms with Gasteiger partial charge in [0.2, 0.25) is 5.91 Å². The zero-order chi connectivity index (χ0) is 22.9. The number of rotatable bonds is 8. The number of carbonyl (C=O) groups excluding carboxylic acids is 1. The number of aliphatic carboxylic acids is 1. The molecule has 31 heavy (non-hydrogen) atoms. The summed E-state index contributed by atoms with van der Waals surface area (Å²) in [7, 11) is -1.16. The highest BCUT2D eigenvalue weighted by atomic mass is 32.2. The van der Waals surface area contributed by atoms with Gasteiger partial charge in [0.05, 0.1) is 0 Å². The third-order valence-electron chi connectivity index (χ3n) is 5.51. The Labute approximate surface area is 181 Å². The number of carboxylic acids is 1. The van der Waals surface area contributed by atoms with Gasteiger partial charge in [0.25, 0.3) is 0 Å². The number of aryl methyl sites for hydroxylation is 3. The van der Waals surface area contributed by atoms with Crippen molar-refractivity contribution >= 4 is 44.6 Å². The number of hydrogen-bond donors (Lipinski definition) is 2. The Hall–Kier alpha value is -2.94. The molecule has 9 heteroatoms. The number of fused-ring (bicyclic) bond motifs is 2. The van der Waals surface area contributed by atoms with E-state index in [1.807, 2.05) is 19.9 Å². The molecule has 0 radical (unpaired) electrons. The number of furan rings is 1. The van der Waals surface area contributed by atoms with E-state index in [9.17, 15) is 23.7 Å². The van der Waals surface area contributed by atoms with Crippen molar-refractivity contribution < 1.29 is 27.7 Å². The summed E-state index contributed by atoms with van der Waals surface area (Å²) in [4.78, 5) is 36.1. The quantitative estimate of drug-likeness (QED) is 0.508. The second-order valence-electron chi connectivity index (χ2n) is 7.65. The van der Waals surface area contributed by atoms with Crippen molar-refractivity contribution in [3.8, 4) is 0 Å². The average Bonchev–Trinajstić information content (AvgIpc) is 2.96. The molecule has 0 aliphatic heterocycles. The Morgan fingerprint density at radius 3 is 2.39 bits per heavy atom. The molecule has 2 heterocycles. The van der Waals surface area contributed by atoms with Gasteiger partial charge in [-0.1, -0.05) is 0 Å². The van der Waals surface area contributed by atoms with Crippen LogP contribution in [0.4, 0.5) is 0 Å².